The highest BCUT2D eigenvalue weighted by Crippen LogP contribution is 2.22. The minimum atomic E-state index is 0.182. The lowest BCUT2D eigenvalue weighted by atomic mass is 10.1. The van der Waals surface area contributed by atoms with E-state index in [1.54, 1.807) is 0 Å². The number of nitrogens with zero attached hydrogens (tertiary/aromatic N) is 1. The Kier molecular flexibility index (Phi) is 4.22. The van der Waals surface area contributed by atoms with Crippen molar-refractivity contribution in [1.29, 1.82) is 0 Å². The molecule has 0 amide bonds. The molecular weight excluding hydrogens is 222 g/mol. The highest BCUT2D eigenvalue weighted by atomic mass is 35.5. The molecule has 1 aromatic carbocycles. The van der Waals surface area contributed by atoms with Crippen LogP contribution in [0.2, 0.25) is 0 Å². The lowest BCUT2D eigenvalue weighted by molar-refractivity contribution is -0.0302. The SMILES string of the molecule is C[C@@H](c1ccccc1)N1CCOC(CCl)C1. The van der Waals surface area contributed by atoms with Crippen LogP contribution in [0.15, 0.2) is 30.3 Å². The molecule has 1 unspecified atom stereocenters. The minimum Gasteiger partial charge on any atom is -0.374 e. The van der Waals surface area contributed by atoms with Crippen molar-refractivity contribution in [1.82, 2.24) is 4.90 Å². The van der Waals surface area contributed by atoms with Gasteiger partial charge in [-0.1, -0.05) is 30.3 Å². The second-order valence-corrected chi connectivity index (χ2v) is 4.54. The Labute approximate surface area is 102 Å². The molecule has 2 rings (SSSR count). The lowest BCUT2D eigenvalue weighted by Crippen LogP contribution is -2.44. The summed E-state index contributed by atoms with van der Waals surface area (Å²) >= 11 is 5.84. The molecule has 1 heterocycles. The maximum Gasteiger partial charge on any atom is 0.0837 e. The molecular formula is C13H18ClNO. The second kappa shape index (κ2) is 5.67. The average molecular weight is 240 g/mol. The van der Waals surface area contributed by atoms with Gasteiger partial charge in [-0.15, -0.1) is 11.6 Å². The Morgan fingerprint density at radius 1 is 1.44 bits per heavy atom. The number of morpholine rings is 1. The van der Waals surface area contributed by atoms with Gasteiger partial charge in [-0.05, 0) is 12.5 Å². The standard InChI is InChI=1S/C13H18ClNO/c1-11(12-5-3-2-4-6-12)15-7-8-16-13(9-14)10-15/h2-6,11,13H,7-10H2,1H3/t11-,13?/m0/s1. The van der Waals surface area contributed by atoms with Crippen LogP contribution in [0.25, 0.3) is 0 Å². The lowest BCUT2D eigenvalue weighted by Gasteiger charge is -2.36. The number of alkyl halides is 1. The van der Waals surface area contributed by atoms with Crippen molar-refractivity contribution in [3.63, 3.8) is 0 Å². The number of rotatable bonds is 3. The zero-order valence-corrected chi connectivity index (χ0v) is 10.4. The van der Waals surface area contributed by atoms with Crippen LogP contribution in [0, 0.1) is 0 Å². The van der Waals surface area contributed by atoms with E-state index in [2.05, 4.69) is 42.2 Å². The summed E-state index contributed by atoms with van der Waals surface area (Å²) in [4.78, 5) is 2.44. The van der Waals surface area contributed by atoms with Gasteiger partial charge in [0, 0.05) is 25.0 Å². The molecule has 1 aliphatic heterocycles. The van der Waals surface area contributed by atoms with E-state index in [1.807, 2.05) is 0 Å². The van der Waals surface area contributed by atoms with Crippen LogP contribution in [-0.2, 0) is 4.74 Å². The number of ether oxygens (including phenoxy) is 1. The average Bonchev–Trinajstić information content (AvgIpc) is 2.39. The molecule has 1 fully saturated rings. The number of halogens is 1. The third-order valence-electron chi connectivity index (χ3n) is 3.17. The van der Waals surface area contributed by atoms with Gasteiger partial charge in [-0.2, -0.15) is 0 Å². The first-order valence-corrected chi connectivity index (χ1v) is 6.31. The van der Waals surface area contributed by atoms with Crippen LogP contribution in [-0.4, -0.2) is 36.6 Å². The summed E-state index contributed by atoms with van der Waals surface area (Å²) < 4.78 is 5.57. The summed E-state index contributed by atoms with van der Waals surface area (Å²) in [5, 5.41) is 0. The van der Waals surface area contributed by atoms with E-state index in [0.29, 0.717) is 11.9 Å². The van der Waals surface area contributed by atoms with E-state index in [0.717, 1.165) is 19.7 Å². The quantitative estimate of drug-likeness (QED) is 0.752. The van der Waals surface area contributed by atoms with Gasteiger partial charge < -0.3 is 4.74 Å². The molecule has 1 saturated heterocycles. The Balaban J connectivity index is 2.01. The van der Waals surface area contributed by atoms with E-state index < -0.39 is 0 Å². The number of benzene rings is 1. The van der Waals surface area contributed by atoms with Crippen molar-refractivity contribution in [2.75, 3.05) is 25.6 Å². The summed E-state index contributed by atoms with van der Waals surface area (Å²) in [7, 11) is 0. The van der Waals surface area contributed by atoms with Crippen molar-refractivity contribution in [3.8, 4) is 0 Å². The third-order valence-corrected chi connectivity index (χ3v) is 3.52. The van der Waals surface area contributed by atoms with Crippen LogP contribution >= 0.6 is 11.6 Å². The zero-order valence-electron chi connectivity index (χ0n) is 9.60. The van der Waals surface area contributed by atoms with Gasteiger partial charge in [-0.3, -0.25) is 4.90 Å². The molecule has 0 radical (unpaired) electrons. The van der Waals surface area contributed by atoms with Gasteiger partial charge >= 0.3 is 0 Å². The molecule has 0 aromatic heterocycles. The Bertz CT molecular complexity index is 317. The number of hydrogen-bond donors (Lipinski definition) is 0. The van der Waals surface area contributed by atoms with Crippen molar-refractivity contribution in [2.45, 2.75) is 19.1 Å². The van der Waals surface area contributed by atoms with Gasteiger partial charge in [0.15, 0.2) is 0 Å². The predicted octanol–water partition coefficient (Wildman–Crippen LogP) is 2.69. The summed E-state index contributed by atoms with van der Waals surface area (Å²) in [6.07, 6.45) is 0.182. The normalized spacial score (nSPS) is 24.2. The van der Waals surface area contributed by atoms with Crippen LogP contribution in [0.5, 0.6) is 0 Å². The molecule has 3 heteroatoms. The van der Waals surface area contributed by atoms with E-state index in [-0.39, 0.29) is 6.10 Å². The first kappa shape index (κ1) is 11.9. The highest BCUT2D eigenvalue weighted by molar-refractivity contribution is 6.18. The van der Waals surface area contributed by atoms with Crippen LogP contribution < -0.4 is 0 Å². The molecule has 16 heavy (non-hydrogen) atoms. The minimum absolute atomic E-state index is 0.182. The maximum atomic E-state index is 5.84. The number of hydrogen-bond acceptors (Lipinski definition) is 2. The molecule has 1 aliphatic rings. The summed E-state index contributed by atoms with van der Waals surface area (Å²) in [5.74, 6) is 0.581. The largest absolute Gasteiger partial charge is 0.374 e. The van der Waals surface area contributed by atoms with Gasteiger partial charge in [-0.25, -0.2) is 0 Å². The molecule has 2 atom stereocenters. The fourth-order valence-corrected chi connectivity index (χ4v) is 2.32. The smallest absolute Gasteiger partial charge is 0.0837 e. The van der Waals surface area contributed by atoms with Crippen LogP contribution in [0.3, 0.4) is 0 Å². The zero-order chi connectivity index (χ0) is 11.4. The first-order valence-electron chi connectivity index (χ1n) is 5.78. The van der Waals surface area contributed by atoms with Crippen molar-refractivity contribution in [2.24, 2.45) is 0 Å². The molecule has 0 spiro atoms. The third kappa shape index (κ3) is 2.76. The molecule has 2 nitrogen and oxygen atoms in total. The fourth-order valence-electron chi connectivity index (χ4n) is 2.13. The first-order chi connectivity index (χ1) is 7.81. The predicted molar refractivity (Wildman–Crippen MR) is 66.9 cm³/mol. The van der Waals surface area contributed by atoms with E-state index in [4.69, 9.17) is 16.3 Å². The Morgan fingerprint density at radius 3 is 2.88 bits per heavy atom. The van der Waals surface area contributed by atoms with E-state index in [1.165, 1.54) is 5.56 Å². The van der Waals surface area contributed by atoms with Gasteiger partial charge in [0.25, 0.3) is 0 Å². The monoisotopic (exact) mass is 239 g/mol. The second-order valence-electron chi connectivity index (χ2n) is 4.23. The molecule has 0 saturated carbocycles. The summed E-state index contributed by atoms with van der Waals surface area (Å²) in [6, 6.07) is 11.0. The summed E-state index contributed by atoms with van der Waals surface area (Å²) in [6.45, 7) is 4.95. The maximum absolute atomic E-state index is 5.84. The molecule has 0 N–H and O–H groups in total. The molecule has 0 aliphatic carbocycles. The van der Waals surface area contributed by atoms with Crippen molar-refractivity contribution < 1.29 is 4.74 Å². The van der Waals surface area contributed by atoms with Gasteiger partial charge in [0.1, 0.15) is 0 Å². The van der Waals surface area contributed by atoms with Crippen LogP contribution in [0.4, 0.5) is 0 Å². The van der Waals surface area contributed by atoms with E-state index >= 15 is 0 Å². The van der Waals surface area contributed by atoms with Gasteiger partial charge in [0.05, 0.1) is 12.7 Å². The Hall–Kier alpha value is -0.570. The molecule has 88 valence electrons. The highest BCUT2D eigenvalue weighted by Gasteiger charge is 2.23. The Morgan fingerprint density at radius 2 is 2.19 bits per heavy atom. The van der Waals surface area contributed by atoms with Gasteiger partial charge in [0.2, 0.25) is 0 Å². The topological polar surface area (TPSA) is 12.5 Å². The van der Waals surface area contributed by atoms with E-state index in [9.17, 15) is 0 Å². The van der Waals surface area contributed by atoms with Crippen molar-refractivity contribution >= 4 is 11.6 Å². The van der Waals surface area contributed by atoms with Crippen molar-refractivity contribution in [3.05, 3.63) is 35.9 Å². The summed E-state index contributed by atoms with van der Waals surface area (Å²) in [5.41, 5.74) is 1.36. The van der Waals surface area contributed by atoms with Crippen LogP contribution in [0.1, 0.15) is 18.5 Å². The molecule has 1 aromatic rings. The molecule has 0 bridgehead atoms. The fraction of sp³-hybridized carbons (Fsp3) is 0.538.